The lowest BCUT2D eigenvalue weighted by Gasteiger charge is -2.15. The van der Waals surface area contributed by atoms with Crippen molar-refractivity contribution in [2.75, 3.05) is 6.61 Å². The van der Waals surface area contributed by atoms with Crippen LogP contribution in [0.2, 0.25) is 0 Å². The van der Waals surface area contributed by atoms with Gasteiger partial charge in [-0.1, -0.05) is 36.4 Å². The Morgan fingerprint density at radius 3 is 2.52 bits per heavy atom. The number of para-hydroxylation sites is 1. The molecule has 1 aromatic heterocycles. The Bertz CT molecular complexity index is 1850. The molecule has 0 saturated heterocycles. The standard InChI is InChI=1S/C31H22F4IN3O3/c1-2-41-27-15-20(14-25(36)28(27)42-18-19-7-5-10-23(32)13-19)17-37-39-29(21-8-6-9-22(16-21)31(33,34)35)38-26-12-4-3-11-24(26)30(39)40/h3-17H,2,18H2,1H3. The van der Waals surface area contributed by atoms with E-state index >= 15 is 0 Å². The van der Waals surface area contributed by atoms with Crippen molar-refractivity contribution in [1.82, 2.24) is 9.66 Å². The number of nitrogens with zero attached hydrogens (tertiary/aromatic N) is 3. The first kappa shape index (κ1) is 29.2. The summed E-state index contributed by atoms with van der Waals surface area (Å²) < 4.78 is 67.4. The minimum Gasteiger partial charge on any atom is -0.490 e. The van der Waals surface area contributed by atoms with Crippen molar-refractivity contribution >= 4 is 39.7 Å². The molecule has 11 heteroatoms. The van der Waals surface area contributed by atoms with Gasteiger partial charge in [-0.3, -0.25) is 4.79 Å². The van der Waals surface area contributed by atoms with Gasteiger partial charge in [0.1, 0.15) is 12.4 Å². The summed E-state index contributed by atoms with van der Waals surface area (Å²) in [7, 11) is 0. The summed E-state index contributed by atoms with van der Waals surface area (Å²) in [6, 6.07) is 20.6. The number of hydrogen-bond acceptors (Lipinski definition) is 5. The Balaban J connectivity index is 1.56. The third-order valence-corrected chi connectivity index (χ3v) is 6.93. The maximum absolute atomic E-state index is 13.6. The molecule has 4 aromatic carbocycles. The van der Waals surface area contributed by atoms with E-state index in [2.05, 4.69) is 32.7 Å². The highest BCUT2D eigenvalue weighted by atomic mass is 127. The molecule has 0 aliphatic rings. The molecule has 5 rings (SSSR count). The quantitative estimate of drug-likeness (QED) is 0.0954. The van der Waals surface area contributed by atoms with Crippen LogP contribution in [0.3, 0.4) is 0 Å². The lowest BCUT2D eigenvalue weighted by Crippen LogP contribution is -2.20. The van der Waals surface area contributed by atoms with Gasteiger partial charge in [0.15, 0.2) is 17.3 Å². The Kier molecular flexibility index (Phi) is 8.57. The molecule has 0 spiro atoms. The van der Waals surface area contributed by atoms with E-state index in [1.54, 1.807) is 48.5 Å². The number of aromatic nitrogens is 2. The van der Waals surface area contributed by atoms with Crippen LogP contribution in [0.5, 0.6) is 11.5 Å². The van der Waals surface area contributed by atoms with Gasteiger partial charge in [-0.05, 0) is 89.2 Å². The topological polar surface area (TPSA) is 65.7 Å². The van der Waals surface area contributed by atoms with Crippen LogP contribution in [0.25, 0.3) is 22.3 Å². The molecule has 214 valence electrons. The van der Waals surface area contributed by atoms with E-state index in [0.29, 0.717) is 38.3 Å². The van der Waals surface area contributed by atoms with Crippen LogP contribution in [0, 0.1) is 9.39 Å². The van der Waals surface area contributed by atoms with Crippen molar-refractivity contribution in [3.05, 3.63) is 121 Å². The molecule has 0 saturated carbocycles. The average Bonchev–Trinajstić information content (AvgIpc) is 2.96. The number of alkyl halides is 3. The molecule has 0 bridgehead atoms. The second-order valence-corrected chi connectivity index (χ2v) is 10.2. The van der Waals surface area contributed by atoms with Crippen LogP contribution >= 0.6 is 22.6 Å². The van der Waals surface area contributed by atoms with Crippen molar-refractivity contribution < 1.29 is 27.0 Å². The highest BCUT2D eigenvalue weighted by molar-refractivity contribution is 14.1. The van der Waals surface area contributed by atoms with E-state index in [9.17, 15) is 22.4 Å². The first-order valence-corrected chi connectivity index (χ1v) is 13.8. The largest absolute Gasteiger partial charge is 0.490 e. The fraction of sp³-hybridized carbons (Fsp3) is 0.129. The van der Waals surface area contributed by atoms with Gasteiger partial charge in [-0.15, -0.1) is 0 Å². The molecule has 6 nitrogen and oxygen atoms in total. The van der Waals surface area contributed by atoms with Gasteiger partial charge in [0.25, 0.3) is 5.56 Å². The van der Waals surface area contributed by atoms with Crippen LogP contribution in [-0.4, -0.2) is 22.5 Å². The summed E-state index contributed by atoms with van der Waals surface area (Å²) in [6.07, 6.45) is -3.18. The Hall–Kier alpha value is -4.26. The van der Waals surface area contributed by atoms with Gasteiger partial charge < -0.3 is 9.47 Å². The minimum absolute atomic E-state index is 0.0455. The molecule has 0 radical (unpaired) electrons. The molecule has 0 atom stereocenters. The monoisotopic (exact) mass is 687 g/mol. The zero-order valence-electron chi connectivity index (χ0n) is 22.0. The summed E-state index contributed by atoms with van der Waals surface area (Å²) in [5.41, 5.74) is 0.173. The number of hydrogen-bond donors (Lipinski definition) is 0. The summed E-state index contributed by atoms with van der Waals surface area (Å²) in [4.78, 5) is 18.0. The van der Waals surface area contributed by atoms with E-state index in [-0.39, 0.29) is 29.2 Å². The van der Waals surface area contributed by atoms with Gasteiger partial charge in [0, 0.05) is 5.56 Å². The molecule has 42 heavy (non-hydrogen) atoms. The SMILES string of the molecule is CCOc1cc(C=Nn2c(-c3cccc(C(F)(F)F)c3)nc3ccccc3c2=O)cc(I)c1OCc1cccc(F)c1. The lowest BCUT2D eigenvalue weighted by atomic mass is 10.1. The number of rotatable bonds is 8. The van der Waals surface area contributed by atoms with Crippen molar-refractivity contribution in [2.45, 2.75) is 19.7 Å². The van der Waals surface area contributed by atoms with Gasteiger partial charge >= 0.3 is 6.18 Å². The van der Waals surface area contributed by atoms with Gasteiger partial charge in [-0.25, -0.2) is 9.37 Å². The maximum Gasteiger partial charge on any atom is 0.416 e. The molecule has 0 fully saturated rings. The Morgan fingerprint density at radius 1 is 0.976 bits per heavy atom. The molecular formula is C31H22F4IN3O3. The Labute approximate surface area is 251 Å². The fourth-order valence-corrected chi connectivity index (χ4v) is 5.01. The van der Waals surface area contributed by atoms with Gasteiger partial charge in [0.05, 0.1) is 32.9 Å². The molecular weight excluding hydrogens is 665 g/mol. The second-order valence-electron chi connectivity index (χ2n) is 9.07. The number of benzene rings is 4. The molecule has 0 amide bonds. The predicted molar refractivity (Wildman–Crippen MR) is 160 cm³/mol. The molecule has 0 aliphatic carbocycles. The van der Waals surface area contributed by atoms with Crippen LogP contribution in [0.15, 0.2) is 94.8 Å². The maximum atomic E-state index is 13.6. The van der Waals surface area contributed by atoms with E-state index in [1.165, 1.54) is 30.5 Å². The van der Waals surface area contributed by atoms with Crippen LogP contribution in [0.4, 0.5) is 17.6 Å². The fourth-order valence-electron chi connectivity index (χ4n) is 4.22. The zero-order chi connectivity index (χ0) is 29.9. The highest BCUT2D eigenvalue weighted by Gasteiger charge is 2.31. The predicted octanol–water partition coefficient (Wildman–Crippen LogP) is 7.69. The van der Waals surface area contributed by atoms with E-state index < -0.39 is 17.3 Å². The summed E-state index contributed by atoms with van der Waals surface area (Å²) in [6.45, 7) is 2.26. The average molecular weight is 687 g/mol. The van der Waals surface area contributed by atoms with E-state index in [1.807, 2.05) is 6.92 Å². The minimum atomic E-state index is -4.58. The number of fused-ring (bicyclic) bond motifs is 1. The van der Waals surface area contributed by atoms with Crippen molar-refractivity contribution in [2.24, 2.45) is 5.10 Å². The Morgan fingerprint density at radius 2 is 1.76 bits per heavy atom. The number of ether oxygens (including phenoxy) is 2. The van der Waals surface area contributed by atoms with Crippen molar-refractivity contribution in [3.8, 4) is 22.9 Å². The summed E-state index contributed by atoms with van der Waals surface area (Å²) >= 11 is 2.07. The molecule has 0 unspecified atom stereocenters. The summed E-state index contributed by atoms with van der Waals surface area (Å²) in [5.74, 6) is 0.443. The lowest BCUT2D eigenvalue weighted by molar-refractivity contribution is -0.137. The second kappa shape index (κ2) is 12.3. The molecule has 1 heterocycles. The molecule has 0 N–H and O–H groups in total. The first-order valence-electron chi connectivity index (χ1n) is 12.7. The van der Waals surface area contributed by atoms with Crippen molar-refractivity contribution in [1.29, 1.82) is 0 Å². The third-order valence-electron chi connectivity index (χ3n) is 6.13. The highest BCUT2D eigenvalue weighted by Crippen LogP contribution is 2.35. The van der Waals surface area contributed by atoms with E-state index in [0.717, 1.165) is 16.8 Å². The van der Waals surface area contributed by atoms with Crippen molar-refractivity contribution in [3.63, 3.8) is 0 Å². The van der Waals surface area contributed by atoms with Gasteiger partial charge in [0.2, 0.25) is 0 Å². The van der Waals surface area contributed by atoms with E-state index in [4.69, 9.17) is 9.47 Å². The smallest absolute Gasteiger partial charge is 0.416 e. The molecule has 0 aliphatic heterocycles. The summed E-state index contributed by atoms with van der Waals surface area (Å²) in [5, 5.41) is 4.62. The zero-order valence-corrected chi connectivity index (χ0v) is 24.2. The van der Waals surface area contributed by atoms with Gasteiger partial charge in [-0.2, -0.15) is 22.9 Å². The van der Waals surface area contributed by atoms with Crippen LogP contribution in [-0.2, 0) is 12.8 Å². The number of halogens is 5. The first-order chi connectivity index (χ1) is 20.1. The molecule has 5 aromatic rings. The van der Waals surface area contributed by atoms with Crippen LogP contribution < -0.4 is 15.0 Å². The van der Waals surface area contributed by atoms with Crippen LogP contribution in [0.1, 0.15) is 23.6 Å². The normalized spacial score (nSPS) is 11.8. The third kappa shape index (κ3) is 6.46.